The summed E-state index contributed by atoms with van der Waals surface area (Å²) in [6.45, 7) is 2.08. The van der Waals surface area contributed by atoms with E-state index in [0.717, 1.165) is 40.0 Å². The Morgan fingerprint density at radius 1 is 1.06 bits per heavy atom. The van der Waals surface area contributed by atoms with Crippen LogP contribution in [0, 0.1) is 18.3 Å². The number of hydrogen-bond donors (Lipinski definition) is 2. The van der Waals surface area contributed by atoms with Crippen LogP contribution in [0.1, 0.15) is 17.5 Å². The van der Waals surface area contributed by atoms with Gasteiger partial charge in [0.2, 0.25) is 0 Å². The average molecular weight is 432 g/mol. The number of aromatic nitrogens is 2. The van der Waals surface area contributed by atoms with E-state index in [0.29, 0.717) is 11.5 Å². The van der Waals surface area contributed by atoms with Gasteiger partial charge in [-0.3, -0.25) is 9.98 Å². The number of nitrogens with zero attached hydrogens (tertiary/aromatic N) is 3. The number of fused-ring (bicyclic) bond motifs is 1. The van der Waals surface area contributed by atoms with Crippen LogP contribution in [-0.2, 0) is 0 Å². The van der Waals surface area contributed by atoms with Gasteiger partial charge in [-0.25, -0.2) is 9.98 Å². The fourth-order valence-corrected chi connectivity index (χ4v) is 4.22. The van der Waals surface area contributed by atoms with Crippen molar-refractivity contribution in [2.24, 2.45) is 16.6 Å². The van der Waals surface area contributed by atoms with Crippen LogP contribution in [-0.4, -0.2) is 21.1 Å². The lowest BCUT2D eigenvalue weighted by molar-refractivity contribution is 0.830. The molecule has 0 fully saturated rings. The van der Waals surface area contributed by atoms with Crippen molar-refractivity contribution in [1.29, 1.82) is 5.41 Å². The second-order valence-corrected chi connectivity index (χ2v) is 8.24. The molecule has 0 radical (unpaired) electrons. The first-order chi connectivity index (χ1) is 16.1. The van der Waals surface area contributed by atoms with E-state index >= 15 is 0 Å². The number of amidine groups is 1. The van der Waals surface area contributed by atoms with E-state index in [4.69, 9.17) is 16.1 Å². The van der Waals surface area contributed by atoms with Crippen LogP contribution < -0.4 is 5.73 Å². The van der Waals surface area contributed by atoms with Gasteiger partial charge in [-0.05, 0) is 60.4 Å². The van der Waals surface area contributed by atoms with Crippen LogP contribution in [0.3, 0.4) is 0 Å². The molecule has 1 aliphatic rings. The monoisotopic (exact) mass is 431 g/mol. The molecular weight excluding hydrogens is 406 g/mol. The highest BCUT2D eigenvalue weighted by Crippen LogP contribution is 2.28. The molecule has 4 aromatic rings. The Morgan fingerprint density at radius 3 is 2.73 bits per heavy atom. The summed E-state index contributed by atoms with van der Waals surface area (Å²) in [7, 11) is 0. The van der Waals surface area contributed by atoms with Crippen molar-refractivity contribution < 1.29 is 0 Å². The van der Waals surface area contributed by atoms with Crippen molar-refractivity contribution >= 4 is 28.3 Å². The lowest BCUT2D eigenvalue weighted by atomic mass is 9.85. The van der Waals surface area contributed by atoms with Crippen LogP contribution in [0.2, 0.25) is 0 Å². The summed E-state index contributed by atoms with van der Waals surface area (Å²) in [6.07, 6.45) is 8.59. The number of aliphatic imine (C=N–C) groups is 1. The number of rotatable bonds is 5. The van der Waals surface area contributed by atoms with Crippen molar-refractivity contribution in [1.82, 2.24) is 9.55 Å². The maximum atomic E-state index is 8.71. The maximum absolute atomic E-state index is 8.71. The zero-order valence-corrected chi connectivity index (χ0v) is 18.4. The van der Waals surface area contributed by atoms with Crippen molar-refractivity contribution in [3.63, 3.8) is 0 Å². The fraction of sp³-hybridized carbons (Fsp3) is 0.107. The number of hydrogen-bond acceptors (Lipinski definition) is 3. The highest BCUT2D eigenvalue weighted by atomic mass is 15.0. The summed E-state index contributed by atoms with van der Waals surface area (Å²) in [4.78, 5) is 9.31. The van der Waals surface area contributed by atoms with Gasteiger partial charge in [-0.15, -0.1) is 0 Å². The summed E-state index contributed by atoms with van der Waals surface area (Å²) >= 11 is 0. The van der Waals surface area contributed by atoms with Crippen LogP contribution in [0.15, 0.2) is 108 Å². The molecule has 3 N–H and O–H groups in total. The van der Waals surface area contributed by atoms with Gasteiger partial charge in [0.05, 0.1) is 22.4 Å². The Morgan fingerprint density at radius 2 is 1.91 bits per heavy atom. The zero-order valence-electron chi connectivity index (χ0n) is 18.4. The Kier molecular flexibility index (Phi) is 5.45. The second-order valence-electron chi connectivity index (χ2n) is 8.24. The molecule has 1 aliphatic carbocycles. The predicted molar refractivity (Wildman–Crippen MR) is 136 cm³/mol. The van der Waals surface area contributed by atoms with Crippen LogP contribution in [0.25, 0.3) is 16.7 Å². The third-order valence-electron chi connectivity index (χ3n) is 5.94. The van der Waals surface area contributed by atoms with Gasteiger partial charge in [0, 0.05) is 11.6 Å². The minimum absolute atomic E-state index is 0.136. The standard InChI is InChI=1S/C28H25N5/c1-19-8-7-11-22(16-19)33-18-31-25-17-21(14-15-26(25)33)32-28(30)24-13-6-5-12-23(24)27(29)20-9-3-2-4-10-20/h2-12,14-18,24,29H,13H2,1H3,(H2,30,32). The molecule has 0 spiro atoms. The van der Waals surface area contributed by atoms with Crippen molar-refractivity contribution in [2.75, 3.05) is 0 Å². The summed E-state index contributed by atoms with van der Waals surface area (Å²) in [5, 5.41) is 8.71. The SMILES string of the molecule is Cc1cccc(-n2cnc3cc(N=C(N)C4CC=CC=C4C(=N)c4ccccc4)ccc32)c1. The molecule has 3 aromatic carbocycles. The largest absolute Gasteiger partial charge is 0.387 e. The lowest BCUT2D eigenvalue weighted by Crippen LogP contribution is -2.29. The van der Waals surface area contributed by atoms with Crippen molar-refractivity contribution in [3.8, 4) is 5.69 Å². The van der Waals surface area contributed by atoms with Gasteiger partial charge in [-0.1, -0.05) is 60.7 Å². The quantitative estimate of drug-likeness (QED) is 0.305. The molecule has 1 aromatic heterocycles. The van der Waals surface area contributed by atoms with Gasteiger partial charge in [0.15, 0.2) is 0 Å². The Bertz CT molecular complexity index is 1420. The molecule has 0 saturated heterocycles. The van der Waals surface area contributed by atoms with E-state index in [2.05, 4.69) is 40.7 Å². The number of allylic oxidation sites excluding steroid dienone is 3. The third kappa shape index (κ3) is 4.13. The topological polar surface area (TPSA) is 80.1 Å². The van der Waals surface area contributed by atoms with Gasteiger partial charge < -0.3 is 5.73 Å². The van der Waals surface area contributed by atoms with Crippen LogP contribution in [0.4, 0.5) is 5.69 Å². The first kappa shape index (κ1) is 20.6. The zero-order chi connectivity index (χ0) is 22.8. The maximum Gasteiger partial charge on any atom is 0.108 e. The molecule has 1 atom stereocenters. The summed E-state index contributed by atoms with van der Waals surface area (Å²) in [5.74, 6) is 0.368. The van der Waals surface area contributed by atoms with E-state index in [1.165, 1.54) is 5.56 Å². The molecule has 5 heteroatoms. The van der Waals surface area contributed by atoms with Crippen LogP contribution >= 0.6 is 0 Å². The normalized spacial score (nSPS) is 16.1. The van der Waals surface area contributed by atoms with Gasteiger partial charge in [-0.2, -0.15) is 0 Å². The smallest absolute Gasteiger partial charge is 0.108 e. The Labute approximate surface area is 193 Å². The number of nitrogens with two attached hydrogens (primary N) is 1. The van der Waals surface area contributed by atoms with E-state index in [9.17, 15) is 0 Å². The molecule has 0 amide bonds. The van der Waals surface area contributed by atoms with Crippen molar-refractivity contribution in [2.45, 2.75) is 13.3 Å². The summed E-state index contributed by atoms with van der Waals surface area (Å²) < 4.78 is 2.08. The number of nitrogens with one attached hydrogen (secondary N) is 1. The molecule has 1 unspecified atom stereocenters. The molecule has 5 rings (SSSR count). The van der Waals surface area contributed by atoms with E-state index in [-0.39, 0.29) is 5.92 Å². The van der Waals surface area contributed by atoms with E-state index in [1.54, 1.807) is 0 Å². The molecule has 5 nitrogen and oxygen atoms in total. The molecule has 0 bridgehead atoms. The van der Waals surface area contributed by atoms with Crippen LogP contribution in [0.5, 0.6) is 0 Å². The Hall–Kier alpha value is -4.25. The first-order valence-corrected chi connectivity index (χ1v) is 11.0. The molecule has 0 saturated carbocycles. The molecule has 1 heterocycles. The molecule has 0 aliphatic heterocycles. The second kappa shape index (κ2) is 8.71. The molecular formula is C28H25N5. The van der Waals surface area contributed by atoms with E-state index in [1.807, 2.05) is 73.1 Å². The summed E-state index contributed by atoms with van der Waals surface area (Å²) in [5.41, 5.74) is 13.7. The minimum Gasteiger partial charge on any atom is -0.387 e. The third-order valence-corrected chi connectivity index (χ3v) is 5.94. The van der Waals surface area contributed by atoms with Gasteiger partial charge in [0.1, 0.15) is 12.2 Å². The lowest BCUT2D eigenvalue weighted by Gasteiger charge is -2.22. The highest BCUT2D eigenvalue weighted by Gasteiger charge is 2.23. The number of aryl methyl sites for hydroxylation is 1. The van der Waals surface area contributed by atoms with Crippen molar-refractivity contribution in [3.05, 3.63) is 114 Å². The molecule has 33 heavy (non-hydrogen) atoms. The predicted octanol–water partition coefficient (Wildman–Crippen LogP) is 5.89. The Balaban J connectivity index is 1.45. The van der Waals surface area contributed by atoms with Gasteiger partial charge in [0.25, 0.3) is 0 Å². The molecule has 162 valence electrons. The number of imidazole rings is 1. The van der Waals surface area contributed by atoms with E-state index < -0.39 is 0 Å². The average Bonchev–Trinajstić information content (AvgIpc) is 3.27. The summed E-state index contributed by atoms with van der Waals surface area (Å²) in [6, 6.07) is 24.0. The number of benzene rings is 3. The fourth-order valence-electron chi connectivity index (χ4n) is 4.22. The highest BCUT2D eigenvalue weighted by molar-refractivity contribution is 6.14. The first-order valence-electron chi connectivity index (χ1n) is 11.0. The minimum atomic E-state index is -0.136. The van der Waals surface area contributed by atoms with Gasteiger partial charge >= 0.3 is 0 Å².